The van der Waals surface area contributed by atoms with Gasteiger partial charge in [-0.3, -0.25) is 0 Å². The summed E-state index contributed by atoms with van der Waals surface area (Å²) in [5.74, 6) is -2.13. The van der Waals surface area contributed by atoms with Crippen LogP contribution in [0.1, 0.15) is 53.4 Å². The van der Waals surface area contributed by atoms with Crippen LogP contribution in [0.5, 0.6) is 0 Å². The number of fused-ring (bicyclic) bond motifs is 2. The zero-order valence-corrected chi connectivity index (χ0v) is 15.9. The summed E-state index contributed by atoms with van der Waals surface area (Å²) in [7, 11) is 0. The molecule has 2 N–H and O–H groups in total. The Morgan fingerprint density at radius 1 is 1.42 bits per heavy atom. The summed E-state index contributed by atoms with van der Waals surface area (Å²) < 4.78 is 10.9. The second-order valence-corrected chi connectivity index (χ2v) is 8.23. The monoisotopic (exact) mass is 364 g/mol. The molecule has 2 saturated carbocycles. The highest BCUT2D eigenvalue weighted by molar-refractivity contribution is 5.92. The number of hydrogen-bond donors (Lipinski definition) is 2. The van der Waals surface area contributed by atoms with Crippen LogP contribution in [-0.2, 0) is 19.1 Å². The Balaban J connectivity index is 1.80. The number of hydrogen-bond acceptors (Lipinski definition) is 6. The molecule has 2 aliphatic carbocycles. The van der Waals surface area contributed by atoms with Gasteiger partial charge in [0.25, 0.3) is 0 Å². The summed E-state index contributed by atoms with van der Waals surface area (Å²) in [6.45, 7) is 7.38. The first-order chi connectivity index (χ1) is 12.1. The van der Waals surface area contributed by atoms with E-state index in [1.807, 2.05) is 0 Å². The van der Waals surface area contributed by atoms with E-state index >= 15 is 0 Å². The molecule has 0 bridgehead atoms. The molecule has 5 atom stereocenters. The molecule has 6 heteroatoms. The molecule has 1 heterocycles. The van der Waals surface area contributed by atoms with Crippen LogP contribution >= 0.6 is 0 Å². The normalized spacial score (nSPS) is 40.0. The molecule has 3 rings (SSSR count). The summed E-state index contributed by atoms with van der Waals surface area (Å²) in [5, 5.41) is 20.1. The highest BCUT2D eigenvalue weighted by Gasteiger charge is 2.58. The molecule has 0 aromatic rings. The van der Waals surface area contributed by atoms with E-state index in [2.05, 4.69) is 13.8 Å². The molecule has 0 aromatic heterocycles. The molecular weight excluding hydrogens is 336 g/mol. The lowest BCUT2D eigenvalue weighted by Gasteiger charge is -2.54. The van der Waals surface area contributed by atoms with Gasteiger partial charge in [0.05, 0.1) is 12.2 Å². The Bertz CT molecular complexity index is 692. The van der Waals surface area contributed by atoms with Gasteiger partial charge in [-0.2, -0.15) is 0 Å². The van der Waals surface area contributed by atoms with Gasteiger partial charge in [-0.25, -0.2) is 9.59 Å². The lowest BCUT2D eigenvalue weighted by molar-refractivity contribution is -0.209. The van der Waals surface area contributed by atoms with Gasteiger partial charge in [0.15, 0.2) is 0 Å². The second-order valence-electron chi connectivity index (χ2n) is 8.23. The first kappa shape index (κ1) is 19.1. The lowest BCUT2D eigenvalue weighted by atomic mass is 9.53. The molecule has 2 fully saturated rings. The highest BCUT2D eigenvalue weighted by atomic mass is 16.7. The highest BCUT2D eigenvalue weighted by Crippen LogP contribution is 2.59. The number of rotatable bonds is 3. The largest absolute Gasteiger partial charge is 0.459 e. The van der Waals surface area contributed by atoms with Crippen molar-refractivity contribution in [1.82, 2.24) is 0 Å². The predicted molar refractivity (Wildman–Crippen MR) is 93.7 cm³/mol. The average molecular weight is 364 g/mol. The number of ether oxygens (including phenoxy) is 2. The van der Waals surface area contributed by atoms with Crippen molar-refractivity contribution < 1.29 is 29.3 Å². The molecule has 6 nitrogen and oxygen atoms in total. The van der Waals surface area contributed by atoms with E-state index in [1.165, 1.54) is 0 Å². The quantitative estimate of drug-likeness (QED) is 0.589. The summed E-state index contributed by atoms with van der Waals surface area (Å²) in [5.41, 5.74) is 1.40. The van der Waals surface area contributed by atoms with Gasteiger partial charge in [0.1, 0.15) is 6.10 Å². The van der Waals surface area contributed by atoms with Crippen LogP contribution in [0.2, 0.25) is 0 Å². The Morgan fingerprint density at radius 2 is 2.12 bits per heavy atom. The molecule has 0 saturated heterocycles. The van der Waals surface area contributed by atoms with Crippen molar-refractivity contribution in [3.8, 4) is 0 Å². The Hall–Kier alpha value is -1.66. The van der Waals surface area contributed by atoms with Crippen molar-refractivity contribution in [3.05, 3.63) is 22.8 Å². The third kappa shape index (κ3) is 2.89. The zero-order valence-electron chi connectivity index (χ0n) is 15.9. The van der Waals surface area contributed by atoms with Gasteiger partial charge < -0.3 is 19.7 Å². The van der Waals surface area contributed by atoms with Gasteiger partial charge in [-0.15, -0.1) is 0 Å². The summed E-state index contributed by atoms with van der Waals surface area (Å²) >= 11 is 0. The number of aliphatic hydroxyl groups is 2. The Kier molecular flexibility index (Phi) is 4.78. The van der Waals surface area contributed by atoms with Gasteiger partial charge in [-0.1, -0.05) is 19.9 Å². The van der Waals surface area contributed by atoms with E-state index in [0.29, 0.717) is 30.4 Å². The minimum Gasteiger partial charge on any atom is -0.459 e. The van der Waals surface area contributed by atoms with E-state index in [-0.39, 0.29) is 35.5 Å². The van der Waals surface area contributed by atoms with E-state index in [1.54, 1.807) is 19.9 Å². The fraction of sp³-hybridized carbons (Fsp3) is 0.700. The van der Waals surface area contributed by atoms with E-state index in [9.17, 15) is 19.8 Å². The van der Waals surface area contributed by atoms with Crippen molar-refractivity contribution >= 4 is 11.9 Å². The summed E-state index contributed by atoms with van der Waals surface area (Å²) in [6.07, 6.45) is 3.56. The van der Waals surface area contributed by atoms with Crippen LogP contribution in [0, 0.1) is 17.3 Å². The maximum Gasteiger partial charge on any atom is 0.336 e. The van der Waals surface area contributed by atoms with Crippen LogP contribution in [0.3, 0.4) is 0 Å². The Morgan fingerprint density at radius 3 is 2.73 bits per heavy atom. The first-order valence-electron chi connectivity index (χ1n) is 9.27. The molecule has 0 spiro atoms. The molecule has 0 amide bonds. The first-order valence-corrected chi connectivity index (χ1v) is 9.27. The molecule has 5 unspecified atom stereocenters. The number of allylic oxidation sites excluding steroid dienone is 1. The van der Waals surface area contributed by atoms with Crippen molar-refractivity contribution in [2.75, 3.05) is 6.61 Å². The number of aliphatic hydroxyl groups excluding tert-OH is 1. The van der Waals surface area contributed by atoms with E-state index < -0.39 is 17.7 Å². The van der Waals surface area contributed by atoms with Crippen molar-refractivity contribution in [2.45, 2.75) is 65.3 Å². The second kappa shape index (κ2) is 6.50. The fourth-order valence-electron chi connectivity index (χ4n) is 4.84. The van der Waals surface area contributed by atoms with E-state index in [4.69, 9.17) is 9.47 Å². The summed E-state index contributed by atoms with van der Waals surface area (Å²) in [6, 6.07) is 0. The predicted octanol–water partition coefficient (Wildman–Crippen LogP) is 2.24. The van der Waals surface area contributed by atoms with E-state index in [0.717, 1.165) is 6.42 Å². The number of carbonyl (C=O) groups excluding carboxylic acids is 2. The van der Waals surface area contributed by atoms with Crippen molar-refractivity contribution in [1.29, 1.82) is 0 Å². The molecule has 0 aromatic carbocycles. The van der Waals surface area contributed by atoms with Crippen LogP contribution < -0.4 is 0 Å². The third-order valence-electron chi connectivity index (χ3n) is 6.85. The van der Waals surface area contributed by atoms with Gasteiger partial charge >= 0.3 is 11.9 Å². The van der Waals surface area contributed by atoms with Crippen molar-refractivity contribution in [3.63, 3.8) is 0 Å². The minimum absolute atomic E-state index is 0.0692. The van der Waals surface area contributed by atoms with Gasteiger partial charge in [-0.05, 0) is 50.4 Å². The molecule has 1 aliphatic heterocycles. The van der Waals surface area contributed by atoms with Crippen LogP contribution in [0.15, 0.2) is 22.8 Å². The fourth-order valence-corrected chi connectivity index (χ4v) is 4.84. The van der Waals surface area contributed by atoms with Crippen LogP contribution in [-0.4, -0.2) is 40.6 Å². The Labute approximate surface area is 153 Å². The molecule has 144 valence electrons. The smallest absolute Gasteiger partial charge is 0.336 e. The zero-order chi connectivity index (χ0) is 19.3. The number of esters is 2. The third-order valence-corrected chi connectivity index (χ3v) is 6.85. The van der Waals surface area contributed by atoms with Gasteiger partial charge in [0.2, 0.25) is 5.79 Å². The maximum absolute atomic E-state index is 12.2. The van der Waals surface area contributed by atoms with Crippen LogP contribution in [0.25, 0.3) is 0 Å². The maximum atomic E-state index is 12.2. The number of carbonyl (C=O) groups is 2. The molecule has 0 radical (unpaired) electrons. The lowest BCUT2D eigenvalue weighted by Crippen LogP contribution is -2.52. The molecule has 3 aliphatic rings. The standard InChI is InChI=1S/C20H28O6/c1-5-13(10-21)18(23)25-15-6-11(2)19(4)9-16-12(3)17(22)26-20(16,24)8-14(19)7-15/h5,11,14-15,21,24H,6-10H2,1-4H3. The molecular formula is C20H28O6. The topological polar surface area (TPSA) is 93.1 Å². The van der Waals surface area contributed by atoms with Crippen LogP contribution in [0.4, 0.5) is 0 Å². The summed E-state index contributed by atoms with van der Waals surface area (Å²) in [4.78, 5) is 24.1. The average Bonchev–Trinajstić information content (AvgIpc) is 2.77. The SMILES string of the molecule is CC=C(CO)C(=O)OC1CC(C)C2(C)CC3=C(C)C(=O)OC3(O)CC2C1. The van der Waals surface area contributed by atoms with Gasteiger partial charge in [0, 0.05) is 17.6 Å². The molecule has 26 heavy (non-hydrogen) atoms. The van der Waals surface area contributed by atoms with Crippen molar-refractivity contribution in [2.24, 2.45) is 17.3 Å². The minimum atomic E-state index is -1.52.